The summed E-state index contributed by atoms with van der Waals surface area (Å²) in [5.41, 5.74) is 2.21. The highest BCUT2D eigenvalue weighted by Gasteiger charge is 2.23. The van der Waals surface area contributed by atoms with Crippen molar-refractivity contribution in [2.24, 2.45) is 0 Å². The smallest absolute Gasteiger partial charge is 0.302 e. The van der Waals surface area contributed by atoms with Crippen molar-refractivity contribution in [3.8, 4) is 0 Å². The first-order valence-electron chi connectivity index (χ1n) is 7.64. The molecule has 0 radical (unpaired) electrons. The van der Waals surface area contributed by atoms with Crippen molar-refractivity contribution in [1.82, 2.24) is 0 Å². The molecular weight excluding hydrogens is 292 g/mol. The summed E-state index contributed by atoms with van der Waals surface area (Å²) in [7, 11) is 0. The van der Waals surface area contributed by atoms with E-state index in [4.69, 9.17) is 14.2 Å². The molecule has 3 rings (SSSR count). The van der Waals surface area contributed by atoms with Gasteiger partial charge < -0.3 is 14.2 Å². The van der Waals surface area contributed by atoms with Crippen molar-refractivity contribution >= 4 is 5.97 Å². The fraction of sp³-hybridized carbons (Fsp3) is 0.316. The monoisotopic (exact) mass is 314 g/mol. The van der Waals surface area contributed by atoms with Gasteiger partial charge in [-0.3, -0.25) is 4.79 Å². The minimum atomic E-state index is -0.242. The lowest BCUT2D eigenvalue weighted by atomic mass is 10.1. The minimum absolute atomic E-state index is 0.0600. The molecule has 0 bridgehead atoms. The quantitative estimate of drug-likeness (QED) is 0.807. The predicted octanol–water partition coefficient (Wildman–Crippen LogP) is 3.87. The van der Waals surface area contributed by atoms with Gasteiger partial charge in [-0.25, -0.2) is 0 Å². The van der Waals surface area contributed by atoms with E-state index in [0.29, 0.717) is 13.2 Å². The number of ether oxygens (including phenoxy) is 3. The number of carbonyl (C=O) groups is 1. The van der Waals surface area contributed by atoms with Gasteiger partial charge in [-0.1, -0.05) is 60.7 Å². The fourth-order valence-electron chi connectivity index (χ4n) is 2.13. The average molecular weight is 314 g/mol. The summed E-state index contributed by atoms with van der Waals surface area (Å²) in [5.74, 6) is -0.242. The van der Waals surface area contributed by atoms with Crippen molar-refractivity contribution in [3.05, 3.63) is 71.8 Å². The van der Waals surface area contributed by atoms with Gasteiger partial charge in [-0.2, -0.15) is 0 Å². The highest BCUT2D eigenvalue weighted by molar-refractivity contribution is 5.65. The Bertz CT molecular complexity index is 583. The van der Waals surface area contributed by atoms with Crippen LogP contribution in [0.15, 0.2) is 60.7 Å². The zero-order chi connectivity index (χ0) is 16.5. The molecular formula is C19H22O4. The first-order valence-corrected chi connectivity index (χ1v) is 7.64. The molecule has 1 aliphatic rings. The Morgan fingerprint density at radius 2 is 1.70 bits per heavy atom. The maximum Gasteiger partial charge on any atom is 0.302 e. The molecule has 0 saturated carbocycles. The van der Waals surface area contributed by atoms with Crippen molar-refractivity contribution in [2.75, 3.05) is 6.61 Å². The Morgan fingerprint density at radius 1 is 1.09 bits per heavy atom. The number of rotatable bonds is 3. The number of benzene rings is 2. The second kappa shape index (κ2) is 9.08. The van der Waals surface area contributed by atoms with Gasteiger partial charge in [0.15, 0.2) is 6.29 Å². The molecule has 4 heteroatoms. The summed E-state index contributed by atoms with van der Waals surface area (Å²) >= 11 is 0. The van der Waals surface area contributed by atoms with E-state index < -0.39 is 0 Å². The molecule has 0 aliphatic carbocycles. The number of esters is 1. The zero-order valence-corrected chi connectivity index (χ0v) is 13.5. The molecule has 23 heavy (non-hydrogen) atoms. The van der Waals surface area contributed by atoms with E-state index in [2.05, 4.69) is 12.1 Å². The Hall–Kier alpha value is -2.17. The zero-order valence-electron chi connectivity index (χ0n) is 13.5. The lowest BCUT2D eigenvalue weighted by Crippen LogP contribution is -2.01. The maximum atomic E-state index is 10.4. The van der Waals surface area contributed by atoms with Crippen molar-refractivity contribution in [1.29, 1.82) is 0 Å². The van der Waals surface area contributed by atoms with Gasteiger partial charge >= 0.3 is 5.97 Å². The molecule has 2 unspecified atom stereocenters. The first-order chi connectivity index (χ1) is 11.1. The minimum Gasteiger partial charge on any atom is -0.461 e. The lowest BCUT2D eigenvalue weighted by molar-refractivity contribution is -0.142. The van der Waals surface area contributed by atoms with E-state index in [1.807, 2.05) is 55.5 Å². The Kier molecular flexibility index (Phi) is 6.78. The third-order valence-electron chi connectivity index (χ3n) is 3.29. The van der Waals surface area contributed by atoms with Crippen molar-refractivity contribution < 1.29 is 19.0 Å². The van der Waals surface area contributed by atoms with E-state index in [0.717, 1.165) is 5.56 Å². The summed E-state index contributed by atoms with van der Waals surface area (Å²) in [4.78, 5) is 10.4. The molecule has 0 spiro atoms. The van der Waals surface area contributed by atoms with Crippen LogP contribution in [0.2, 0.25) is 0 Å². The lowest BCUT2D eigenvalue weighted by Gasteiger charge is -2.07. The van der Waals surface area contributed by atoms with Gasteiger partial charge in [0, 0.05) is 6.92 Å². The number of hydrogen-bond acceptors (Lipinski definition) is 4. The fourth-order valence-corrected chi connectivity index (χ4v) is 2.13. The molecule has 1 aliphatic heterocycles. The van der Waals surface area contributed by atoms with E-state index in [-0.39, 0.29) is 18.4 Å². The molecule has 2 aromatic rings. The molecule has 0 aromatic heterocycles. The van der Waals surface area contributed by atoms with Crippen LogP contribution in [0.5, 0.6) is 0 Å². The normalized spacial score (nSPS) is 19.6. The Labute approximate surface area is 137 Å². The Balaban J connectivity index is 0.000000168. The first kappa shape index (κ1) is 17.2. The largest absolute Gasteiger partial charge is 0.461 e. The van der Waals surface area contributed by atoms with Gasteiger partial charge in [-0.15, -0.1) is 0 Å². The second-order valence-corrected chi connectivity index (χ2v) is 5.20. The van der Waals surface area contributed by atoms with Gasteiger partial charge in [0.05, 0.1) is 6.61 Å². The molecule has 0 N–H and O–H groups in total. The van der Waals surface area contributed by atoms with Crippen LogP contribution in [0.3, 0.4) is 0 Å². The summed E-state index contributed by atoms with van der Waals surface area (Å²) in [6.45, 7) is 4.37. The molecule has 1 fully saturated rings. The summed E-state index contributed by atoms with van der Waals surface area (Å²) < 4.78 is 15.6. The predicted molar refractivity (Wildman–Crippen MR) is 87.6 cm³/mol. The summed E-state index contributed by atoms with van der Waals surface area (Å²) in [5, 5.41) is 0. The third-order valence-corrected chi connectivity index (χ3v) is 3.29. The van der Waals surface area contributed by atoms with Crippen LogP contribution in [0.1, 0.15) is 31.1 Å². The molecule has 1 heterocycles. The highest BCUT2D eigenvalue weighted by atomic mass is 16.7. The number of hydrogen-bond donors (Lipinski definition) is 0. The van der Waals surface area contributed by atoms with E-state index >= 15 is 0 Å². The molecule has 4 nitrogen and oxygen atoms in total. The van der Waals surface area contributed by atoms with Gasteiger partial charge in [0.2, 0.25) is 0 Å². The SMILES string of the molecule is CC(=O)OCc1ccccc1.CC1OCC(c2ccccc2)O1. The molecule has 0 amide bonds. The van der Waals surface area contributed by atoms with Crippen LogP contribution in [0.25, 0.3) is 0 Å². The average Bonchev–Trinajstić information content (AvgIpc) is 3.02. The van der Waals surface area contributed by atoms with Crippen LogP contribution in [0, 0.1) is 0 Å². The molecule has 2 aromatic carbocycles. The van der Waals surface area contributed by atoms with Crippen LogP contribution in [-0.4, -0.2) is 18.9 Å². The highest BCUT2D eigenvalue weighted by Crippen LogP contribution is 2.25. The van der Waals surface area contributed by atoms with Crippen molar-refractivity contribution in [2.45, 2.75) is 32.8 Å². The van der Waals surface area contributed by atoms with Crippen LogP contribution < -0.4 is 0 Å². The topological polar surface area (TPSA) is 44.8 Å². The molecule has 2 atom stereocenters. The van der Waals surface area contributed by atoms with E-state index in [1.165, 1.54) is 12.5 Å². The van der Waals surface area contributed by atoms with Crippen LogP contribution in [0.4, 0.5) is 0 Å². The Morgan fingerprint density at radius 3 is 2.22 bits per heavy atom. The molecule has 1 saturated heterocycles. The standard InChI is InChI=1S/C10H12O2.C9H10O2/c1-8-11-7-10(12-8)9-5-3-2-4-6-9;1-8(10)11-7-9-5-3-2-4-6-9/h2-6,8,10H,7H2,1H3;2-6H,7H2,1H3. The van der Waals surface area contributed by atoms with Gasteiger partial charge in [-0.05, 0) is 18.1 Å². The van der Waals surface area contributed by atoms with Crippen molar-refractivity contribution in [3.63, 3.8) is 0 Å². The van der Waals surface area contributed by atoms with Gasteiger partial charge in [0.25, 0.3) is 0 Å². The van der Waals surface area contributed by atoms with E-state index in [1.54, 1.807) is 0 Å². The number of carbonyl (C=O) groups excluding carboxylic acids is 1. The van der Waals surface area contributed by atoms with Crippen LogP contribution in [-0.2, 0) is 25.6 Å². The van der Waals surface area contributed by atoms with Crippen LogP contribution >= 0.6 is 0 Å². The van der Waals surface area contributed by atoms with Gasteiger partial charge in [0.1, 0.15) is 12.7 Å². The maximum absolute atomic E-state index is 10.4. The second-order valence-electron chi connectivity index (χ2n) is 5.20. The summed E-state index contributed by atoms with van der Waals surface area (Å²) in [6, 6.07) is 19.8. The summed E-state index contributed by atoms with van der Waals surface area (Å²) in [6.07, 6.45) is 0.0661. The van der Waals surface area contributed by atoms with E-state index in [9.17, 15) is 4.79 Å². The molecule has 122 valence electrons. The third kappa shape index (κ3) is 6.22.